The maximum absolute atomic E-state index is 12.5. The van der Waals surface area contributed by atoms with Gasteiger partial charge in [-0.15, -0.1) is 0 Å². The van der Waals surface area contributed by atoms with E-state index in [2.05, 4.69) is 10.6 Å². The summed E-state index contributed by atoms with van der Waals surface area (Å²) < 4.78 is 26.6. The zero-order valence-electron chi connectivity index (χ0n) is 17.3. The number of rotatable bonds is 6. The molecule has 0 spiro atoms. The minimum absolute atomic E-state index is 0.275. The molecule has 0 unspecified atom stereocenters. The highest BCUT2D eigenvalue weighted by Crippen LogP contribution is 2.21. The van der Waals surface area contributed by atoms with Crippen molar-refractivity contribution < 1.29 is 18.0 Å². The predicted molar refractivity (Wildman–Crippen MR) is 116 cm³/mol. The average Bonchev–Trinajstić information content (AvgIpc) is 3.27. The van der Waals surface area contributed by atoms with Crippen LogP contribution < -0.4 is 10.6 Å². The van der Waals surface area contributed by atoms with E-state index in [0.717, 1.165) is 29.5 Å². The van der Waals surface area contributed by atoms with E-state index in [4.69, 9.17) is 0 Å². The standard InChI is InChI=1S/C22H27N3O4S/c1-16-5-6-17(2)20(15-16)24-22(27)21(26)23-12-11-18-7-9-19(10-8-18)30(28,29)25-13-3-4-14-25/h5-10,15H,3-4,11-14H2,1-2H3,(H,23,26)(H,24,27). The highest BCUT2D eigenvalue weighted by atomic mass is 32.2. The molecule has 0 saturated carbocycles. The topological polar surface area (TPSA) is 95.6 Å². The summed E-state index contributed by atoms with van der Waals surface area (Å²) in [6.45, 7) is 5.19. The Kier molecular flexibility index (Phi) is 6.89. The molecular weight excluding hydrogens is 402 g/mol. The molecule has 1 saturated heterocycles. The van der Waals surface area contributed by atoms with Crippen molar-refractivity contribution in [1.29, 1.82) is 0 Å². The van der Waals surface area contributed by atoms with Gasteiger partial charge < -0.3 is 10.6 Å². The van der Waals surface area contributed by atoms with E-state index in [1.54, 1.807) is 24.3 Å². The fourth-order valence-corrected chi connectivity index (χ4v) is 4.87. The van der Waals surface area contributed by atoms with Crippen LogP contribution in [0, 0.1) is 13.8 Å². The van der Waals surface area contributed by atoms with E-state index in [0.29, 0.717) is 25.2 Å². The van der Waals surface area contributed by atoms with Crippen LogP contribution >= 0.6 is 0 Å². The van der Waals surface area contributed by atoms with Crippen LogP contribution in [0.1, 0.15) is 29.5 Å². The van der Waals surface area contributed by atoms with Crippen LogP contribution in [0.3, 0.4) is 0 Å². The minimum atomic E-state index is -3.43. The molecule has 2 aromatic rings. The van der Waals surface area contributed by atoms with E-state index in [9.17, 15) is 18.0 Å². The molecule has 1 fully saturated rings. The molecule has 0 bridgehead atoms. The van der Waals surface area contributed by atoms with Gasteiger partial charge in [-0.1, -0.05) is 24.3 Å². The number of sulfonamides is 1. The molecule has 2 aromatic carbocycles. The lowest BCUT2D eigenvalue weighted by Crippen LogP contribution is -2.36. The monoisotopic (exact) mass is 429 g/mol. The zero-order valence-corrected chi connectivity index (χ0v) is 18.1. The van der Waals surface area contributed by atoms with Crippen molar-refractivity contribution in [2.24, 2.45) is 0 Å². The fourth-order valence-electron chi connectivity index (χ4n) is 3.36. The normalized spacial score (nSPS) is 14.5. The second kappa shape index (κ2) is 9.40. The molecule has 1 heterocycles. The van der Waals surface area contributed by atoms with Crippen LogP contribution in [0.15, 0.2) is 47.4 Å². The lowest BCUT2D eigenvalue weighted by Gasteiger charge is -2.15. The molecule has 1 aliphatic rings. The van der Waals surface area contributed by atoms with Gasteiger partial charge >= 0.3 is 11.8 Å². The van der Waals surface area contributed by atoms with Gasteiger partial charge in [0.25, 0.3) is 0 Å². The second-order valence-corrected chi connectivity index (χ2v) is 9.47. The van der Waals surface area contributed by atoms with Crippen LogP contribution in [0.4, 0.5) is 5.69 Å². The van der Waals surface area contributed by atoms with Gasteiger partial charge in [0.05, 0.1) is 4.90 Å². The quantitative estimate of drug-likeness (QED) is 0.689. The summed E-state index contributed by atoms with van der Waals surface area (Å²) >= 11 is 0. The second-order valence-electron chi connectivity index (χ2n) is 7.53. The maximum Gasteiger partial charge on any atom is 0.313 e. The summed E-state index contributed by atoms with van der Waals surface area (Å²) in [5.41, 5.74) is 3.37. The first-order chi connectivity index (χ1) is 14.3. The van der Waals surface area contributed by atoms with Gasteiger partial charge in [-0.3, -0.25) is 9.59 Å². The Morgan fingerprint density at radius 3 is 2.30 bits per heavy atom. The first-order valence-electron chi connectivity index (χ1n) is 10.0. The molecule has 0 aromatic heterocycles. The van der Waals surface area contributed by atoms with Crippen molar-refractivity contribution in [1.82, 2.24) is 9.62 Å². The van der Waals surface area contributed by atoms with E-state index >= 15 is 0 Å². The number of hydrogen-bond acceptors (Lipinski definition) is 4. The minimum Gasteiger partial charge on any atom is -0.347 e. The largest absolute Gasteiger partial charge is 0.347 e. The molecule has 0 radical (unpaired) electrons. The number of hydrogen-bond donors (Lipinski definition) is 2. The van der Waals surface area contributed by atoms with Gasteiger partial charge in [0.15, 0.2) is 0 Å². The first kappa shape index (κ1) is 22.0. The number of carbonyl (C=O) groups excluding carboxylic acids is 2. The SMILES string of the molecule is Cc1ccc(C)c(NC(=O)C(=O)NCCc2ccc(S(=O)(=O)N3CCCC3)cc2)c1. The van der Waals surface area contributed by atoms with Gasteiger partial charge in [0.2, 0.25) is 10.0 Å². The van der Waals surface area contributed by atoms with Crippen molar-refractivity contribution in [2.45, 2.75) is 38.0 Å². The summed E-state index contributed by atoms with van der Waals surface area (Å²) in [5, 5.41) is 5.23. The highest BCUT2D eigenvalue weighted by Gasteiger charge is 2.26. The van der Waals surface area contributed by atoms with E-state index < -0.39 is 21.8 Å². The molecule has 2 N–H and O–H groups in total. The molecule has 8 heteroatoms. The van der Waals surface area contributed by atoms with E-state index in [-0.39, 0.29) is 11.4 Å². The van der Waals surface area contributed by atoms with Crippen LogP contribution in [-0.2, 0) is 26.0 Å². The van der Waals surface area contributed by atoms with Gasteiger partial charge in [-0.2, -0.15) is 4.31 Å². The number of nitrogens with one attached hydrogen (secondary N) is 2. The zero-order chi connectivity index (χ0) is 21.7. The summed E-state index contributed by atoms with van der Waals surface area (Å²) in [6, 6.07) is 12.3. The third kappa shape index (κ3) is 5.25. The number of carbonyl (C=O) groups is 2. The summed E-state index contributed by atoms with van der Waals surface area (Å²) in [4.78, 5) is 24.4. The van der Waals surface area contributed by atoms with E-state index in [1.165, 1.54) is 4.31 Å². The molecule has 7 nitrogen and oxygen atoms in total. The lowest BCUT2D eigenvalue weighted by atomic mass is 10.1. The van der Waals surface area contributed by atoms with Crippen molar-refractivity contribution in [2.75, 3.05) is 25.0 Å². The van der Waals surface area contributed by atoms with Crippen molar-refractivity contribution in [3.8, 4) is 0 Å². The van der Waals surface area contributed by atoms with Crippen LogP contribution in [0.5, 0.6) is 0 Å². The molecule has 160 valence electrons. The van der Waals surface area contributed by atoms with Crippen LogP contribution in [0.2, 0.25) is 0 Å². The molecule has 3 rings (SSSR count). The predicted octanol–water partition coefficient (Wildman–Crippen LogP) is 2.39. The molecule has 0 aliphatic carbocycles. The molecule has 2 amide bonds. The Morgan fingerprint density at radius 2 is 1.63 bits per heavy atom. The molecule has 30 heavy (non-hydrogen) atoms. The molecule has 0 atom stereocenters. The number of nitrogens with zero attached hydrogens (tertiary/aromatic N) is 1. The third-order valence-corrected chi connectivity index (χ3v) is 7.09. The highest BCUT2D eigenvalue weighted by molar-refractivity contribution is 7.89. The van der Waals surface area contributed by atoms with E-state index in [1.807, 2.05) is 32.0 Å². The Labute approximate surface area is 177 Å². The fraction of sp³-hybridized carbons (Fsp3) is 0.364. The van der Waals surface area contributed by atoms with Crippen molar-refractivity contribution >= 4 is 27.5 Å². The number of benzene rings is 2. The number of anilines is 1. The maximum atomic E-state index is 12.5. The first-order valence-corrected chi connectivity index (χ1v) is 11.5. The van der Waals surface area contributed by atoms with Gasteiger partial charge in [0.1, 0.15) is 0 Å². The van der Waals surface area contributed by atoms with Crippen LogP contribution in [0.25, 0.3) is 0 Å². The van der Waals surface area contributed by atoms with Crippen LogP contribution in [-0.4, -0.2) is 44.2 Å². The smallest absolute Gasteiger partial charge is 0.313 e. The Hall–Kier alpha value is -2.71. The summed E-state index contributed by atoms with van der Waals surface area (Å²) in [6.07, 6.45) is 2.29. The number of amides is 2. The average molecular weight is 430 g/mol. The van der Waals surface area contributed by atoms with Crippen molar-refractivity contribution in [3.05, 3.63) is 59.2 Å². The number of aryl methyl sites for hydroxylation is 2. The van der Waals surface area contributed by atoms with Gasteiger partial charge in [-0.25, -0.2) is 8.42 Å². The Balaban J connectivity index is 1.50. The molecule has 1 aliphatic heterocycles. The Bertz CT molecular complexity index is 1030. The summed E-state index contributed by atoms with van der Waals surface area (Å²) in [5.74, 6) is -1.42. The summed E-state index contributed by atoms with van der Waals surface area (Å²) in [7, 11) is -3.43. The van der Waals surface area contributed by atoms with Gasteiger partial charge in [0, 0.05) is 25.3 Å². The molecular formula is C22H27N3O4S. The Morgan fingerprint density at radius 1 is 0.967 bits per heavy atom. The van der Waals surface area contributed by atoms with Crippen molar-refractivity contribution in [3.63, 3.8) is 0 Å². The van der Waals surface area contributed by atoms with Gasteiger partial charge in [-0.05, 0) is 68.0 Å². The third-order valence-electron chi connectivity index (χ3n) is 5.17. The lowest BCUT2D eigenvalue weighted by molar-refractivity contribution is -0.136.